The second kappa shape index (κ2) is 11.9. The van der Waals surface area contributed by atoms with Crippen LogP contribution in [0.2, 0.25) is 0 Å². The molecule has 36 heavy (non-hydrogen) atoms. The number of hydrogen-bond donors (Lipinski definition) is 11. The van der Waals surface area contributed by atoms with E-state index in [2.05, 4.69) is 24.8 Å². The molecule has 210 valence electrons. The van der Waals surface area contributed by atoms with Gasteiger partial charge in [0.15, 0.2) is 11.5 Å². The molecule has 22 heteroatoms. The molecule has 0 saturated heterocycles. The van der Waals surface area contributed by atoms with Crippen molar-refractivity contribution in [3.63, 3.8) is 0 Å². The van der Waals surface area contributed by atoms with Crippen LogP contribution in [0.5, 0.6) is 0 Å². The van der Waals surface area contributed by atoms with Crippen molar-refractivity contribution in [2.45, 2.75) is 25.0 Å². The number of carbonyl (C=O) groups is 1. The molecule has 2 aliphatic rings. The predicted molar refractivity (Wildman–Crippen MR) is 126 cm³/mol. The second-order valence-corrected chi connectivity index (χ2v) is 9.90. The van der Waals surface area contributed by atoms with Crippen LogP contribution >= 0.6 is 15.6 Å². The van der Waals surface area contributed by atoms with Gasteiger partial charge >= 0.3 is 21.6 Å². The molecular weight excluding hydrogens is 530 g/mol. The summed E-state index contributed by atoms with van der Waals surface area (Å²) in [5.74, 6) is -1.95. The van der Waals surface area contributed by atoms with E-state index in [1.165, 1.54) is 13.4 Å². The van der Waals surface area contributed by atoms with Gasteiger partial charge in [0.1, 0.15) is 5.52 Å². The Hall–Kier alpha value is -2.16. The van der Waals surface area contributed by atoms with Crippen molar-refractivity contribution in [3.8, 4) is 0 Å². The van der Waals surface area contributed by atoms with Gasteiger partial charge in [-0.2, -0.15) is 0 Å². The SMILES string of the molecule is CNc1nc(C(=O)O)nc2c1ncn2[C@@H]1C[C@H](OP(=O)(O)O)[C@]2(COP(=O)(O)O)C[C@H]12.N.N.N.N.N. The van der Waals surface area contributed by atoms with Gasteiger partial charge in [0.2, 0.25) is 5.82 Å². The van der Waals surface area contributed by atoms with Gasteiger partial charge in [0.05, 0.1) is 19.0 Å². The molecule has 21 N–H and O–H groups in total. The maximum atomic E-state index is 11.5. The molecule has 0 aromatic carbocycles. The first-order valence-electron chi connectivity index (χ1n) is 8.94. The van der Waals surface area contributed by atoms with E-state index in [0.29, 0.717) is 11.9 Å². The molecule has 2 aliphatic carbocycles. The monoisotopic (exact) mass is 564 g/mol. The fraction of sp³-hybridized carbons (Fsp3) is 0.571. The molecule has 0 amide bonds. The Labute approximate surface area is 204 Å². The molecule has 2 heterocycles. The summed E-state index contributed by atoms with van der Waals surface area (Å²) in [4.78, 5) is 60.3. The molecule has 2 saturated carbocycles. The van der Waals surface area contributed by atoms with Crippen LogP contribution in [0, 0.1) is 11.3 Å². The fourth-order valence-corrected chi connectivity index (χ4v) is 5.41. The Morgan fingerprint density at radius 3 is 2.25 bits per heavy atom. The second-order valence-electron chi connectivity index (χ2n) is 7.47. The zero-order valence-corrected chi connectivity index (χ0v) is 21.2. The molecule has 4 atom stereocenters. The summed E-state index contributed by atoms with van der Waals surface area (Å²) in [5.41, 5.74) is -0.544. The zero-order valence-electron chi connectivity index (χ0n) is 19.4. The van der Waals surface area contributed by atoms with E-state index in [4.69, 9.17) is 14.3 Å². The van der Waals surface area contributed by atoms with E-state index in [-0.39, 0.29) is 54.6 Å². The van der Waals surface area contributed by atoms with Gasteiger partial charge in [0, 0.05) is 18.5 Å². The number of carboxylic acids is 1. The number of carboxylic acid groups (broad SMARTS) is 1. The summed E-state index contributed by atoms with van der Waals surface area (Å²) in [5, 5.41) is 12.0. The van der Waals surface area contributed by atoms with Gasteiger partial charge in [-0.1, -0.05) is 0 Å². The lowest BCUT2D eigenvalue weighted by molar-refractivity contribution is 0.0497. The quantitative estimate of drug-likeness (QED) is 0.198. The minimum Gasteiger partial charge on any atom is -0.475 e. The number of phosphoric acid groups is 2. The normalized spacial score (nSPS) is 24.1. The van der Waals surface area contributed by atoms with E-state index in [0.717, 1.165) is 0 Å². The van der Waals surface area contributed by atoms with Crippen molar-refractivity contribution in [3.05, 3.63) is 12.2 Å². The minimum absolute atomic E-state index is 0. The number of imidazole rings is 1. The lowest BCUT2D eigenvalue weighted by atomic mass is 10.0. The summed E-state index contributed by atoms with van der Waals surface area (Å²) < 4.78 is 33.8. The van der Waals surface area contributed by atoms with Crippen LogP contribution in [0.3, 0.4) is 0 Å². The average molecular weight is 564 g/mol. The van der Waals surface area contributed by atoms with E-state index in [1.807, 2.05) is 0 Å². The van der Waals surface area contributed by atoms with Crippen LogP contribution in [0.1, 0.15) is 29.5 Å². The number of aromatic carboxylic acids is 1. The van der Waals surface area contributed by atoms with E-state index in [9.17, 15) is 28.8 Å². The lowest BCUT2D eigenvalue weighted by Gasteiger charge is -2.24. The Bertz CT molecular complexity index is 1150. The van der Waals surface area contributed by atoms with Gasteiger partial charge in [-0.15, -0.1) is 0 Å². The van der Waals surface area contributed by atoms with Gasteiger partial charge in [0.25, 0.3) is 0 Å². The molecular formula is C14H34N10O10P2. The maximum absolute atomic E-state index is 11.5. The molecule has 0 spiro atoms. The molecule has 4 rings (SSSR count). The summed E-state index contributed by atoms with van der Waals surface area (Å²) in [6, 6.07) is -0.483. The number of rotatable bonds is 8. The minimum atomic E-state index is -4.91. The van der Waals surface area contributed by atoms with Crippen molar-refractivity contribution < 1.29 is 47.7 Å². The van der Waals surface area contributed by atoms with Crippen LogP contribution in [-0.2, 0) is 18.2 Å². The van der Waals surface area contributed by atoms with Crippen molar-refractivity contribution in [2.75, 3.05) is 19.0 Å². The summed E-state index contributed by atoms with van der Waals surface area (Å²) in [7, 11) is -8.19. The highest BCUT2D eigenvalue weighted by atomic mass is 31.2. The molecule has 2 fully saturated rings. The average Bonchev–Trinajstić information content (AvgIpc) is 3.11. The highest BCUT2D eigenvalue weighted by molar-refractivity contribution is 7.46. The molecule has 2 aromatic heterocycles. The van der Waals surface area contributed by atoms with E-state index >= 15 is 0 Å². The van der Waals surface area contributed by atoms with Crippen LogP contribution in [0.25, 0.3) is 11.2 Å². The number of aromatic nitrogens is 4. The van der Waals surface area contributed by atoms with Gasteiger partial charge in [-0.25, -0.2) is 28.9 Å². The van der Waals surface area contributed by atoms with Crippen molar-refractivity contribution >= 4 is 38.6 Å². The largest absolute Gasteiger partial charge is 0.475 e. The number of anilines is 1. The first kappa shape index (κ1) is 36.0. The van der Waals surface area contributed by atoms with Crippen molar-refractivity contribution in [1.29, 1.82) is 0 Å². The lowest BCUT2D eigenvalue weighted by Crippen LogP contribution is -2.26. The molecule has 0 aliphatic heterocycles. The third-order valence-corrected chi connectivity index (χ3v) is 6.71. The third kappa shape index (κ3) is 6.58. The van der Waals surface area contributed by atoms with Crippen LogP contribution < -0.4 is 36.1 Å². The Balaban J connectivity index is 0. The third-order valence-electron chi connectivity index (χ3n) is 5.71. The standard InChI is InChI=1S/C14H19N5O10P2.5H3N/c1-15-10-9-12(18-11(17-10)13(20)21)19(5-16-9)7-2-8(29-31(25,26)27)14(3-6(7)14)4-28-30(22,23)24;;;;;/h5-8H,2-4H2,1H3,(H,20,21)(H,15,17,18)(H2,22,23,24)(H2,25,26,27);5*1H3/t6-,7-,8+,14+;;;;;/m1...../s1. The van der Waals surface area contributed by atoms with Gasteiger partial charge in [-0.05, 0) is 18.8 Å². The number of phosphoric ester groups is 2. The van der Waals surface area contributed by atoms with E-state index < -0.39 is 51.6 Å². The molecule has 0 radical (unpaired) electrons. The van der Waals surface area contributed by atoms with Crippen LogP contribution in [0.4, 0.5) is 5.82 Å². The predicted octanol–water partition coefficient (Wildman–Crippen LogP) is 0.915. The first-order chi connectivity index (χ1) is 14.3. The molecule has 2 aromatic rings. The number of fused-ring (bicyclic) bond motifs is 2. The van der Waals surface area contributed by atoms with Gasteiger partial charge < -0.3 is 65.3 Å². The molecule has 20 nitrogen and oxygen atoms in total. The van der Waals surface area contributed by atoms with Crippen LogP contribution in [-0.4, -0.2) is 69.9 Å². The highest BCUT2D eigenvalue weighted by Crippen LogP contribution is 2.71. The Morgan fingerprint density at radius 2 is 1.75 bits per heavy atom. The fourth-order valence-electron chi connectivity index (χ4n) is 4.37. The smallest absolute Gasteiger partial charge is 0.469 e. The Kier molecular flexibility index (Phi) is 11.9. The molecule has 0 unspecified atom stereocenters. The van der Waals surface area contributed by atoms with E-state index in [1.54, 1.807) is 4.57 Å². The first-order valence-corrected chi connectivity index (χ1v) is 12.0. The number of hydrogen-bond acceptors (Lipinski definition) is 14. The van der Waals surface area contributed by atoms with Crippen molar-refractivity contribution in [1.82, 2.24) is 50.3 Å². The summed E-state index contributed by atoms with van der Waals surface area (Å²) >= 11 is 0. The van der Waals surface area contributed by atoms with Gasteiger partial charge in [-0.3, -0.25) is 9.05 Å². The Morgan fingerprint density at radius 1 is 1.14 bits per heavy atom. The number of nitrogens with one attached hydrogen (secondary N) is 1. The van der Waals surface area contributed by atoms with Crippen molar-refractivity contribution in [2.24, 2.45) is 11.3 Å². The topological polar surface area (TPSA) is 401 Å². The highest BCUT2D eigenvalue weighted by Gasteiger charge is 2.70. The molecule has 0 bridgehead atoms. The maximum Gasteiger partial charge on any atom is 0.469 e. The zero-order chi connectivity index (χ0) is 22.8. The summed E-state index contributed by atoms with van der Waals surface area (Å²) in [6.45, 7) is -0.465. The number of nitrogens with zero attached hydrogens (tertiary/aromatic N) is 4. The summed E-state index contributed by atoms with van der Waals surface area (Å²) in [6.07, 6.45) is 0.727. The van der Waals surface area contributed by atoms with Crippen LogP contribution in [0.15, 0.2) is 6.33 Å².